The molecule has 7 heteroatoms. The molecule has 0 aromatic carbocycles. The van der Waals surface area contributed by atoms with Crippen LogP contribution in [0.3, 0.4) is 0 Å². The Bertz CT molecular complexity index is 441. The van der Waals surface area contributed by atoms with Crippen LogP contribution in [0, 0.1) is 0 Å². The smallest absolute Gasteiger partial charge is 0.224 e. The largest absolute Gasteiger partial charge is 0.378 e. The fourth-order valence-corrected chi connectivity index (χ4v) is 2.73. The third-order valence-corrected chi connectivity index (χ3v) is 4.05. The van der Waals surface area contributed by atoms with Gasteiger partial charge in [-0.2, -0.15) is 4.37 Å². The average Bonchev–Trinajstić information content (AvgIpc) is 3.20. The molecule has 0 spiro atoms. The lowest BCUT2D eigenvalue weighted by molar-refractivity contribution is -0.134. The van der Waals surface area contributed by atoms with Crippen LogP contribution in [-0.2, 0) is 9.53 Å². The summed E-state index contributed by atoms with van der Waals surface area (Å²) in [7, 11) is 0. The number of amides is 1. The Morgan fingerprint density at radius 1 is 1.42 bits per heavy atom. The molecule has 1 saturated heterocycles. The zero-order valence-electron chi connectivity index (χ0n) is 10.8. The average molecular weight is 282 g/mol. The molecule has 0 atom stereocenters. The molecule has 1 aliphatic heterocycles. The minimum atomic E-state index is 0.183. The summed E-state index contributed by atoms with van der Waals surface area (Å²) in [4.78, 5) is 18.2. The molecule has 0 bridgehead atoms. The minimum absolute atomic E-state index is 0.183. The van der Waals surface area contributed by atoms with Gasteiger partial charge in [0.05, 0.1) is 13.2 Å². The molecule has 0 unspecified atom stereocenters. The van der Waals surface area contributed by atoms with E-state index in [0.29, 0.717) is 45.2 Å². The molecule has 0 radical (unpaired) electrons. The second-order valence-electron chi connectivity index (χ2n) is 4.90. The fourth-order valence-electron chi connectivity index (χ4n) is 2.06. The van der Waals surface area contributed by atoms with Crippen molar-refractivity contribution in [3.05, 3.63) is 5.82 Å². The Hall–Kier alpha value is -1.21. The lowest BCUT2D eigenvalue weighted by Gasteiger charge is -2.26. The maximum atomic E-state index is 11.9. The van der Waals surface area contributed by atoms with Crippen LogP contribution in [0.25, 0.3) is 0 Å². The maximum absolute atomic E-state index is 11.9. The highest BCUT2D eigenvalue weighted by Crippen LogP contribution is 2.39. The Labute approximate surface area is 116 Å². The van der Waals surface area contributed by atoms with Crippen LogP contribution in [-0.4, -0.2) is 53.0 Å². The summed E-state index contributed by atoms with van der Waals surface area (Å²) in [6.45, 7) is 3.35. The molecule has 2 heterocycles. The quantitative estimate of drug-likeness (QED) is 0.875. The number of ether oxygens (including phenoxy) is 1. The van der Waals surface area contributed by atoms with E-state index in [9.17, 15) is 4.79 Å². The van der Waals surface area contributed by atoms with Crippen molar-refractivity contribution in [2.45, 2.75) is 25.2 Å². The molecular formula is C12H18N4O2S. The van der Waals surface area contributed by atoms with E-state index in [0.717, 1.165) is 11.0 Å². The number of hydrogen-bond acceptors (Lipinski definition) is 6. The molecule has 1 N–H and O–H groups in total. The lowest BCUT2D eigenvalue weighted by Crippen LogP contribution is -2.41. The molecule has 1 aromatic rings. The number of morpholine rings is 1. The van der Waals surface area contributed by atoms with Crippen molar-refractivity contribution in [2.24, 2.45) is 0 Å². The number of hydrogen-bond donors (Lipinski definition) is 1. The van der Waals surface area contributed by atoms with Crippen LogP contribution in [0.4, 0.5) is 5.13 Å². The van der Waals surface area contributed by atoms with Crippen molar-refractivity contribution in [1.29, 1.82) is 0 Å². The molecule has 3 rings (SSSR count). The van der Waals surface area contributed by atoms with Crippen molar-refractivity contribution in [1.82, 2.24) is 14.3 Å². The van der Waals surface area contributed by atoms with E-state index >= 15 is 0 Å². The Kier molecular flexibility index (Phi) is 3.93. The first-order chi connectivity index (χ1) is 9.33. The highest BCUT2D eigenvalue weighted by Gasteiger charge is 2.27. The number of nitrogens with zero attached hydrogens (tertiary/aromatic N) is 3. The Balaban J connectivity index is 1.40. The second kappa shape index (κ2) is 5.83. The topological polar surface area (TPSA) is 67.4 Å². The molecule has 1 aliphatic carbocycles. The number of nitrogens with one attached hydrogen (secondary N) is 1. The predicted octanol–water partition coefficient (Wildman–Crippen LogP) is 1.08. The van der Waals surface area contributed by atoms with E-state index in [1.165, 1.54) is 24.4 Å². The molecule has 2 fully saturated rings. The van der Waals surface area contributed by atoms with Crippen LogP contribution in [0.2, 0.25) is 0 Å². The van der Waals surface area contributed by atoms with E-state index in [2.05, 4.69) is 14.7 Å². The number of anilines is 1. The van der Waals surface area contributed by atoms with Crippen LogP contribution in [0.1, 0.15) is 31.0 Å². The standard InChI is InChI=1S/C12H18N4O2S/c17-10(16-5-7-18-8-6-16)3-4-13-12-14-11(15-19-12)9-1-2-9/h9H,1-8H2,(H,13,14,15). The molecule has 6 nitrogen and oxygen atoms in total. The number of carbonyl (C=O) groups is 1. The van der Waals surface area contributed by atoms with Gasteiger partial charge in [-0.25, -0.2) is 4.98 Å². The number of rotatable bonds is 5. The van der Waals surface area contributed by atoms with Crippen LogP contribution in [0.15, 0.2) is 0 Å². The Morgan fingerprint density at radius 3 is 2.95 bits per heavy atom. The summed E-state index contributed by atoms with van der Waals surface area (Å²) >= 11 is 1.39. The van der Waals surface area contributed by atoms with Crippen molar-refractivity contribution in [2.75, 3.05) is 38.2 Å². The third-order valence-electron chi connectivity index (χ3n) is 3.36. The summed E-state index contributed by atoms with van der Waals surface area (Å²) in [5.41, 5.74) is 0. The van der Waals surface area contributed by atoms with Gasteiger partial charge in [0.2, 0.25) is 11.0 Å². The zero-order chi connectivity index (χ0) is 13.1. The van der Waals surface area contributed by atoms with Crippen molar-refractivity contribution in [3.63, 3.8) is 0 Å². The molecular weight excluding hydrogens is 264 g/mol. The van der Waals surface area contributed by atoms with E-state index in [1.807, 2.05) is 4.90 Å². The fraction of sp³-hybridized carbons (Fsp3) is 0.750. The third kappa shape index (κ3) is 3.42. The van der Waals surface area contributed by atoms with Gasteiger partial charge in [-0.3, -0.25) is 4.79 Å². The molecule has 104 valence electrons. The van der Waals surface area contributed by atoms with Gasteiger partial charge in [-0.1, -0.05) is 0 Å². The van der Waals surface area contributed by atoms with Gasteiger partial charge in [0.25, 0.3) is 0 Å². The van der Waals surface area contributed by atoms with Crippen LogP contribution in [0.5, 0.6) is 0 Å². The van der Waals surface area contributed by atoms with Gasteiger partial charge < -0.3 is 15.0 Å². The maximum Gasteiger partial charge on any atom is 0.224 e. The van der Waals surface area contributed by atoms with Crippen molar-refractivity contribution in [3.8, 4) is 0 Å². The first-order valence-electron chi connectivity index (χ1n) is 6.76. The first kappa shape index (κ1) is 12.8. The summed E-state index contributed by atoms with van der Waals surface area (Å²) in [6, 6.07) is 0. The van der Waals surface area contributed by atoms with Crippen molar-refractivity contribution >= 4 is 22.6 Å². The molecule has 1 amide bonds. The monoisotopic (exact) mass is 282 g/mol. The zero-order valence-corrected chi connectivity index (χ0v) is 11.6. The van der Waals surface area contributed by atoms with Crippen LogP contribution < -0.4 is 5.32 Å². The van der Waals surface area contributed by atoms with E-state index in [-0.39, 0.29) is 5.91 Å². The summed E-state index contributed by atoms with van der Waals surface area (Å²) in [5.74, 6) is 1.73. The first-order valence-corrected chi connectivity index (χ1v) is 7.53. The lowest BCUT2D eigenvalue weighted by atomic mass is 10.3. The van der Waals surface area contributed by atoms with Gasteiger partial charge in [-0.15, -0.1) is 0 Å². The highest BCUT2D eigenvalue weighted by molar-refractivity contribution is 7.09. The highest BCUT2D eigenvalue weighted by atomic mass is 32.1. The minimum Gasteiger partial charge on any atom is -0.378 e. The van der Waals surface area contributed by atoms with Gasteiger partial charge in [0, 0.05) is 43.5 Å². The van der Waals surface area contributed by atoms with E-state index < -0.39 is 0 Å². The summed E-state index contributed by atoms with van der Waals surface area (Å²) in [6.07, 6.45) is 2.93. The predicted molar refractivity (Wildman–Crippen MR) is 72.4 cm³/mol. The molecule has 19 heavy (non-hydrogen) atoms. The second-order valence-corrected chi connectivity index (χ2v) is 5.65. The van der Waals surface area contributed by atoms with Crippen molar-refractivity contribution < 1.29 is 9.53 Å². The Morgan fingerprint density at radius 2 is 2.21 bits per heavy atom. The molecule has 2 aliphatic rings. The summed E-state index contributed by atoms with van der Waals surface area (Å²) < 4.78 is 9.55. The molecule has 1 saturated carbocycles. The normalized spacial score (nSPS) is 19.5. The number of aromatic nitrogens is 2. The van der Waals surface area contributed by atoms with E-state index in [4.69, 9.17) is 4.74 Å². The SMILES string of the molecule is O=C(CCNc1nc(C2CC2)ns1)N1CCOCC1. The summed E-state index contributed by atoms with van der Waals surface area (Å²) in [5, 5.41) is 4.01. The van der Waals surface area contributed by atoms with Gasteiger partial charge >= 0.3 is 0 Å². The van der Waals surface area contributed by atoms with Gasteiger partial charge in [-0.05, 0) is 12.8 Å². The van der Waals surface area contributed by atoms with Crippen LogP contribution >= 0.6 is 11.5 Å². The number of carbonyl (C=O) groups excluding carboxylic acids is 1. The van der Waals surface area contributed by atoms with Gasteiger partial charge in [0.1, 0.15) is 5.82 Å². The van der Waals surface area contributed by atoms with E-state index in [1.54, 1.807) is 0 Å². The van der Waals surface area contributed by atoms with Gasteiger partial charge in [0.15, 0.2) is 0 Å². The molecule has 1 aromatic heterocycles.